The lowest BCUT2D eigenvalue weighted by Gasteiger charge is -2.34. The number of urea groups is 2. The third-order valence-electron chi connectivity index (χ3n) is 15.3. The van der Waals surface area contributed by atoms with Crippen LogP contribution >= 0.6 is 0 Å². The first-order chi connectivity index (χ1) is 37.0. The van der Waals surface area contributed by atoms with Crippen molar-refractivity contribution in [1.82, 2.24) is 19.6 Å². The molecule has 6 rings (SSSR count). The number of rotatable bonds is 20. The molecule has 0 saturated carbocycles. The summed E-state index contributed by atoms with van der Waals surface area (Å²) < 4.78 is 16.3. The molecule has 2 aromatic carbocycles. The number of likely N-dealkylation sites (N-methyl/N-ethyl adjacent to an activating group) is 2. The van der Waals surface area contributed by atoms with Crippen molar-refractivity contribution in [3.05, 3.63) is 119 Å². The Morgan fingerprint density at radius 2 is 0.924 bits per heavy atom. The Morgan fingerprint density at radius 3 is 1.38 bits per heavy atom. The van der Waals surface area contributed by atoms with Crippen LogP contribution in [0.25, 0.3) is 0 Å². The molecule has 2 fully saturated rings. The molecule has 0 atom stereocenters. The number of fused-ring (bicyclic) bond motifs is 2. The molecule has 79 heavy (non-hydrogen) atoms. The second-order valence-corrected chi connectivity index (χ2v) is 22.4. The molecule has 0 bridgehead atoms. The number of nitrogens with zero attached hydrogens (tertiary/aromatic N) is 6. The maximum absolute atomic E-state index is 13.6. The summed E-state index contributed by atoms with van der Waals surface area (Å²) in [5.41, 5.74) is 3.79. The smallest absolute Gasteiger partial charge is 0.334 e. The van der Waals surface area contributed by atoms with Crippen LogP contribution in [0.5, 0.6) is 0 Å². The van der Waals surface area contributed by atoms with Gasteiger partial charge in [0.1, 0.15) is 24.4 Å². The van der Waals surface area contributed by atoms with Crippen molar-refractivity contribution in [1.29, 1.82) is 0 Å². The van der Waals surface area contributed by atoms with Crippen molar-refractivity contribution >= 4 is 65.0 Å². The van der Waals surface area contributed by atoms with E-state index in [9.17, 15) is 43.2 Å². The van der Waals surface area contributed by atoms with Crippen LogP contribution in [-0.4, -0.2) is 133 Å². The van der Waals surface area contributed by atoms with E-state index in [0.29, 0.717) is 51.0 Å². The van der Waals surface area contributed by atoms with Gasteiger partial charge in [-0.3, -0.25) is 48.4 Å². The van der Waals surface area contributed by atoms with Gasteiger partial charge >= 0.3 is 30.0 Å². The Balaban J connectivity index is 0.000000298. The van der Waals surface area contributed by atoms with E-state index in [-0.39, 0.29) is 48.8 Å². The van der Waals surface area contributed by atoms with Crippen molar-refractivity contribution in [3.63, 3.8) is 0 Å². The largest absolute Gasteiger partial charge is 0.465 e. The molecular weight excluding hydrogens is 1010 g/mol. The van der Waals surface area contributed by atoms with E-state index < -0.39 is 63.9 Å². The molecule has 0 aliphatic carbocycles. The van der Waals surface area contributed by atoms with E-state index in [1.165, 1.54) is 26.2 Å². The topological polar surface area (TPSA) is 201 Å². The Bertz CT molecular complexity index is 2860. The minimum absolute atomic E-state index is 0.0652. The number of carbonyl (C=O) groups excluding carboxylic acids is 9. The van der Waals surface area contributed by atoms with Gasteiger partial charge in [0.05, 0.1) is 30.5 Å². The maximum atomic E-state index is 13.6. The monoisotopic (exact) mass is 1090 g/mol. The number of unbranched alkanes of at least 4 members (excludes halogenated alkanes) is 1. The van der Waals surface area contributed by atoms with Crippen molar-refractivity contribution < 1.29 is 57.4 Å². The van der Waals surface area contributed by atoms with Gasteiger partial charge in [0.25, 0.3) is 23.6 Å². The van der Waals surface area contributed by atoms with Crippen LogP contribution in [-0.2, 0) is 58.6 Å². The molecule has 18 nitrogen and oxygen atoms in total. The highest BCUT2D eigenvalue weighted by Crippen LogP contribution is 2.49. The van der Waals surface area contributed by atoms with Gasteiger partial charge < -0.3 is 24.0 Å². The fourth-order valence-corrected chi connectivity index (χ4v) is 9.29. The highest BCUT2D eigenvalue weighted by molar-refractivity contribution is 6.29. The lowest BCUT2D eigenvalue weighted by atomic mass is 9.83. The average molecular weight is 1090 g/mol. The number of anilines is 2. The van der Waals surface area contributed by atoms with Crippen LogP contribution < -0.4 is 9.80 Å². The zero-order chi connectivity index (χ0) is 58.9. The number of allylic oxidation sites excluding steroid dienone is 6. The summed E-state index contributed by atoms with van der Waals surface area (Å²) in [6, 6.07) is 14.5. The van der Waals surface area contributed by atoms with E-state index >= 15 is 0 Å². The summed E-state index contributed by atoms with van der Waals surface area (Å²) in [6.45, 7) is 27.7. The molecule has 426 valence electrons. The van der Waals surface area contributed by atoms with Crippen molar-refractivity contribution in [2.75, 3.05) is 69.9 Å². The molecular formula is C61H80N6O12. The number of amides is 8. The van der Waals surface area contributed by atoms with E-state index in [1.54, 1.807) is 32.9 Å². The summed E-state index contributed by atoms with van der Waals surface area (Å²) in [5, 5.41) is 0. The number of ether oxygens (including phenoxy) is 3. The SMILES string of the molecule is C=C(C)C(=O)OCCN1/C(=C/C=C2\C(=O)N(CCCC)C(=O)N(CCOC(=O)C(C)(C)CC)C2=O)C(C)(C)c2ccccc21.CCC(C)(C)C(=O)OCCCN1/C(=C/C=C2C(=O)N(C)C(=O)N(C)C2=O)C(C)(C)c2ccccc21. The van der Waals surface area contributed by atoms with Crippen LogP contribution in [0.2, 0.25) is 0 Å². The second kappa shape index (κ2) is 25.4. The van der Waals surface area contributed by atoms with Crippen molar-refractivity contribution in [2.45, 2.75) is 126 Å². The fourth-order valence-electron chi connectivity index (χ4n) is 9.29. The van der Waals surface area contributed by atoms with E-state index in [1.807, 2.05) is 95.8 Å². The van der Waals surface area contributed by atoms with Crippen molar-refractivity contribution in [3.8, 4) is 0 Å². The van der Waals surface area contributed by atoms with Crippen molar-refractivity contribution in [2.24, 2.45) is 10.8 Å². The Kier molecular flexibility index (Phi) is 20.0. The zero-order valence-electron chi connectivity index (χ0n) is 48.7. The first kappa shape index (κ1) is 62.2. The van der Waals surface area contributed by atoms with Crippen LogP contribution in [0.15, 0.2) is 108 Å². The number of hydrogen-bond acceptors (Lipinski definition) is 14. The predicted molar refractivity (Wildman–Crippen MR) is 301 cm³/mol. The normalized spacial score (nSPS) is 18.6. The van der Waals surface area contributed by atoms with Crippen LogP contribution in [0.3, 0.4) is 0 Å². The summed E-state index contributed by atoms with van der Waals surface area (Å²) >= 11 is 0. The second-order valence-electron chi connectivity index (χ2n) is 22.4. The quantitative estimate of drug-likeness (QED) is 0.0399. The highest BCUT2D eigenvalue weighted by atomic mass is 16.5. The maximum Gasteiger partial charge on any atom is 0.334 e. The number of barbiturate groups is 2. The zero-order valence-corrected chi connectivity index (χ0v) is 48.7. The number of carbonyl (C=O) groups is 9. The predicted octanol–water partition coefficient (Wildman–Crippen LogP) is 9.30. The number of benzene rings is 2. The van der Waals surface area contributed by atoms with Gasteiger partial charge in [-0.15, -0.1) is 0 Å². The molecule has 2 aromatic rings. The standard InChI is InChI=1S/C34H45N3O7.C27H35N3O5/c1-9-11-18-36-28(38)24(29(39)37(32(36)42)20-22-44-31(41)33(5,6)10-2)16-17-27-34(7,8)25-14-12-13-15-26(25)35(27)19-21-43-30(40)23(3)4;1-8-26(2,3)24(33)35-17-11-16-30-20-13-10-9-12-19(20)27(4,5)21(30)15-14-18-22(31)28(6)25(34)29(7)23(18)32/h12-17H,3,9-11,18-22H2,1-2,4-8H3;9-10,12-15H,8,11,16-17H2,1-7H3/b24-16+,27-17+;21-15+. The van der Waals surface area contributed by atoms with Gasteiger partial charge in [-0.05, 0) is 108 Å². The van der Waals surface area contributed by atoms with Gasteiger partial charge in [-0.25, -0.2) is 14.4 Å². The lowest BCUT2D eigenvalue weighted by molar-refractivity contribution is -0.155. The first-order valence-electron chi connectivity index (χ1n) is 27.1. The fraction of sp³-hybridized carbons (Fsp3) is 0.492. The van der Waals surface area contributed by atoms with E-state index in [0.717, 1.165) is 59.9 Å². The number of imide groups is 4. The highest BCUT2D eigenvalue weighted by Gasteiger charge is 2.45. The Hall–Kier alpha value is -7.63. The first-order valence-corrected chi connectivity index (χ1v) is 27.1. The molecule has 0 spiro atoms. The molecule has 0 aromatic heterocycles. The minimum atomic E-state index is -0.745. The number of hydrogen-bond donors (Lipinski definition) is 0. The lowest BCUT2D eigenvalue weighted by Crippen LogP contribution is -2.57. The molecule has 8 amide bonds. The van der Waals surface area contributed by atoms with Gasteiger partial charge in [-0.2, -0.15) is 0 Å². The Labute approximate surface area is 465 Å². The van der Waals surface area contributed by atoms with Crippen LogP contribution in [0, 0.1) is 10.8 Å². The molecule has 4 aliphatic rings. The van der Waals surface area contributed by atoms with E-state index in [4.69, 9.17) is 14.2 Å². The molecule has 4 aliphatic heterocycles. The summed E-state index contributed by atoms with van der Waals surface area (Å²) in [4.78, 5) is 123. The number of para-hydroxylation sites is 2. The number of esters is 3. The molecule has 0 N–H and O–H groups in total. The van der Waals surface area contributed by atoms with Gasteiger partial charge in [0, 0.05) is 66.4 Å². The molecule has 2 saturated heterocycles. The van der Waals surface area contributed by atoms with Gasteiger partial charge in [0.2, 0.25) is 0 Å². The third-order valence-corrected chi connectivity index (χ3v) is 15.3. The summed E-state index contributed by atoms with van der Waals surface area (Å²) in [6.07, 6.45) is 9.69. The molecule has 18 heteroatoms. The Morgan fingerprint density at radius 1 is 0.532 bits per heavy atom. The average Bonchev–Trinajstić information content (AvgIpc) is 3.99. The van der Waals surface area contributed by atoms with E-state index in [2.05, 4.69) is 31.4 Å². The van der Waals surface area contributed by atoms with Gasteiger partial charge in [0.15, 0.2) is 0 Å². The molecule has 0 unspecified atom stereocenters. The van der Waals surface area contributed by atoms with Gasteiger partial charge in [-0.1, -0.05) is 97.9 Å². The summed E-state index contributed by atoms with van der Waals surface area (Å²) in [5.74, 6) is -3.77. The van der Waals surface area contributed by atoms with Crippen LogP contribution in [0.4, 0.5) is 21.0 Å². The minimum Gasteiger partial charge on any atom is -0.465 e. The molecule has 0 radical (unpaired) electrons. The molecule has 4 heterocycles. The third kappa shape index (κ3) is 13.3. The summed E-state index contributed by atoms with van der Waals surface area (Å²) in [7, 11) is 2.72. The van der Waals surface area contributed by atoms with Crippen LogP contribution in [0.1, 0.15) is 126 Å².